The summed E-state index contributed by atoms with van der Waals surface area (Å²) in [4.78, 5) is 23.7. The van der Waals surface area contributed by atoms with E-state index in [1.54, 1.807) is 24.7 Å². The van der Waals surface area contributed by atoms with Gasteiger partial charge in [-0.25, -0.2) is 0 Å². The van der Waals surface area contributed by atoms with E-state index < -0.39 is 0 Å². The Balaban J connectivity index is 1.40. The first-order chi connectivity index (χ1) is 15.2. The molecule has 0 bridgehead atoms. The van der Waals surface area contributed by atoms with Crippen LogP contribution in [-0.4, -0.2) is 33.9 Å². The number of amides is 1. The van der Waals surface area contributed by atoms with Gasteiger partial charge < -0.3 is 4.90 Å². The van der Waals surface area contributed by atoms with Crippen molar-refractivity contribution in [3.63, 3.8) is 0 Å². The number of hydrogen-bond donors (Lipinski definition) is 0. The van der Waals surface area contributed by atoms with Gasteiger partial charge in [0.15, 0.2) is 0 Å². The van der Waals surface area contributed by atoms with E-state index in [2.05, 4.69) is 40.3 Å². The first kappa shape index (κ1) is 20.7. The predicted molar refractivity (Wildman–Crippen MR) is 120 cm³/mol. The SMILES string of the molecule is N#CC1(CCCc2ccccc2)CCN(C(=O)c2cccnc2-c2ccncc2)CC1. The summed E-state index contributed by atoms with van der Waals surface area (Å²) in [6.45, 7) is 1.20. The van der Waals surface area contributed by atoms with Crippen LogP contribution in [0.3, 0.4) is 0 Å². The number of nitriles is 1. The van der Waals surface area contributed by atoms with E-state index in [0.717, 1.165) is 37.7 Å². The van der Waals surface area contributed by atoms with Gasteiger partial charge in [0.25, 0.3) is 5.91 Å². The third-order valence-electron chi connectivity index (χ3n) is 6.20. The Bertz CT molecular complexity index is 1050. The molecule has 5 heteroatoms. The zero-order valence-electron chi connectivity index (χ0n) is 17.6. The molecule has 1 fully saturated rings. The number of nitrogens with zero attached hydrogens (tertiary/aromatic N) is 4. The van der Waals surface area contributed by atoms with Crippen molar-refractivity contribution in [2.75, 3.05) is 13.1 Å². The van der Waals surface area contributed by atoms with Crippen molar-refractivity contribution in [3.05, 3.63) is 84.3 Å². The van der Waals surface area contributed by atoms with Gasteiger partial charge in [0.05, 0.1) is 22.7 Å². The third-order valence-corrected chi connectivity index (χ3v) is 6.20. The van der Waals surface area contributed by atoms with Crippen LogP contribution in [0.2, 0.25) is 0 Å². The Labute approximate surface area is 183 Å². The monoisotopic (exact) mass is 410 g/mol. The fourth-order valence-electron chi connectivity index (χ4n) is 4.32. The lowest BCUT2D eigenvalue weighted by Crippen LogP contribution is -2.43. The molecule has 1 aliphatic rings. The number of carbonyl (C=O) groups is 1. The minimum absolute atomic E-state index is 0.0178. The van der Waals surface area contributed by atoms with E-state index in [4.69, 9.17) is 0 Å². The van der Waals surface area contributed by atoms with Crippen LogP contribution in [0.15, 0.2) is 73.2 Å². The van der Waals surface area contributed by atoms with Crippen molar-refractivity contribution in [3.8, 4) is 17.3 Å². The lowest BCUT2D eigenvalue weighted by molar-refractivity contribution is 0.0637. The molecule has 2 aromatic heterocycles. The number of likely N-dealkylation sites (tertiary alicyclic amines) is 1. The standard InChI is InChI=1S/C26H26N4O/c27-20-26(12-4-8-21-6-2-1-3-7-21)13-18-30(19-14-26)25(31)23-9-5-15-29-24(23)22-10-16-28-17-11-22/h1-3,5-7,9-11,15-17H,4,8,12-14,18-19H2. The molecule has 0 spiro atoms. The lowest BCUT2D eigenvalue weighted by atomic mass is 9.75. The van der Waals surface area contributed by atoms with Crippen LogP contribution >= 0.6 is 0 Å². The molecule has 1 aromatic carbocycles. The van der Waals surface area contributed by atoms with Crippen molar-refractivity contribution in [2.24, 2.45) is 5.41 Å². The van der Waals surface area contributed by atoms with E-state index in [1.165, 1.54) is 5.56 Å². The quantitative estimate of drug-likeness (QED) is 0.579. The number of pyridine rings is 2. The molecular formula is C26H26N4O. The number of aryl methyl sites for hydroxylation is 1. The fourth-order valence-corrected chi connectivity index (χ4v) is 4.32. The van der Waals surface area contributed by atoms with Crippen molar-refractivity contribution < 1.29 is 4.79 Å². The molecule has 3 heterocycles. The Morgan fingerprint density at radius 3 is 2.45 bits per heavy atom. The molecule has 1 saturated heterocycles. The summed E-state index contributed by atoms with van der Waals surface area (Å²) in [5.74, 6) is -0.0178. The topological polar surface area (TPSA) is 69.9 Å². The summed E-state index contributed by atoms with van der Waals surface area (Å²) in [6, 6.07) is 20.3. The first-order valence-electron chi connectivity index (χ1n) is 10.8. The lowest BCUT2D eigenvalue weighted by Gasteiger charge is -2.37. The van der Waals surface area contributed by atoms with Crippen molar-refractivity contribution in [1.82, 2.24) is 14.9 Å². The summed E-state index contributed by atoms with van der Waals surface area (Å²) in [5.41, 5.74) is 3.12. The van der Waals surface area contributed by atoms with Crippen LogP contribution in [0.1, 0.15) is 41.6 Å². The molecule has 4 rings (SSSR count). The van der Waals surface area contributed by atoms with Crippen LogP contribution in [0.5, 0.6) is 0 Å². The van der Waals surface area contributed by atoms with Gasteiger partial charge in [-0.15, -0.1) is 0 Å². The average Bonchev–Trinajstić information content (AvgIpc) is 2.85. The summed E-state index contributed by atoms with van der Waals surface area (Å²) >= 11 is 0. The Kier molecular flexibility index (Phi) is 6.37. The maximum absolute atomic E-state index is 13.3. The van der Waals surface area contributed by atoms with Crippen LogP contribution in [-0.2, 0) is 6.42 Å². The zero-order chi connectivity index (χ0) is 21.5. The number of benzene rings is 1. The van der Waals surface area contributed by atoms with Crippen molar-refractivity contribution >= 4 is 5.91 Å². The highest BCUT2D eigenvalue weighted by atomic mass is 16.2. The zero-order valence-corrected chi connectivity index (χ0v) is 17.6. The highest BCUT2D eigenvalue weighted by Crippen LogP contribution is 2.36. The van der Waals surface area contributed by atoms with Crippen LogP contribution in [0.4, 0.5) is 0 Å². The second-order valence-corrected chi connectivity index (χ2v) is 8.16. The minimum atomic E-state index is -0.339. The van der Waals surface area contributed by atoms with Gasteiger partial charge in [-0.1, -0.05) is 30.3 Å². The summed E-state index contributed by atoms with van der Waals surface area (Å²) in [5, 5.41) is 9.90. The Morgan fingerprint density at radius 2 is 1.74 bits per heavy atom. The molecule has 1 aliphatic heterocycles. The van der Waals surface area contributed by atoms with Crippen LogP contribution < -0.4 is 0 Å². The first-order valence-corrected chi connectivity index (χ1v) is 10.8. The van der Waals surface area contributed by atoms with E-state index in [0.29, 0.717) is 24.3 Å². The van der Waals surface area contributed by atoms with E-state index in [9.17, 15) is 10.1 Å². The van der Waals surface area contributed by atoms with Gasteiger partial charge in [-0.2, -0.15) is 5.26 Å². The fraction of sp³-hybridized carbons (Fsp3) is 0.308. The summed E-state index contributed by atoms with van der Waals surface area (Å²) in [7, 11) is 0. The van der Waals surface area contributed by atoms with Gasteiger partial charge in [-0.3, -0.25) is 14.8 Å². The number of aromatic nitrogens is 2. The number of piperidine rings is 1. The normalized spacial score (nSPS) is 15.3. The second kappa shape index (κ2) is 9.53. The maximum atomic E-state index is 13.3. The Hall–Kier alpha value is -3.52. The molecule has 0 radical (unpaired) electrons. The van der Waals surface area contributed by atoms with Crippen LogP contribution in [0.25, 0.3) is 11.3 Å². The van der Waals surface area contributed by atoms with Gasteiger partial charge >= 0.3 is 0 Å². The highest BCUT2D eigenvalue weighted by molar-refractivity contribution is 5.99. The maximum Gasteiger partial charge on any atom is 0.256 e. The van der Waals surface area contributed by atoms with E-state index >= 15 is 0 Å². The molecule has 1 amide bonds. The largest absolute Gasteiger partial charge is 0.338 e. The summed E-state index contributed by atoms with van der Waals surface area (Å²) < 4.78 is 0. The molecule has 31 heavy (non-hydrogen) atoms. The van der Waals surface area contributed by atoms with Crippen LogP contribution in [0, 0.1) is 16.7 Å². The highest BCUT2D eigenvalue weighted by Gasteiger charge is 2.36. The number of rotatable bonds is 6. The number of carbonyl (C=O) groups excluding carboxylic acids is 1. The van der Waals surface area contributed by atoms with E-state index in [1.807, 2.05) is 29.2 Å². The Morgan fingerprint density at radius 1 is 1.00 bits per heavy atom. The average molecular weight is 411 g/mol. The molecule has 0 saturated carbocycles. The van der Waals surface area contributed by atoms with Crippen molar-refractivity contribution in [1.29, 1.82) is 5.26 Å². The van der Waals surface area contributed by atoms with E-state index in [-0.39, 0.29) is 11.3 Å². The van der Waals surface area contributed by atoms with Gasteiger partial charge in [0.2, 0.25) is 0 Å². The smallest absolute Gasteiger partial charge is 0.256 e. The molecule has 156 valence electrons. The second-order valence-electron chi connectivity index (χ2n) is 8.16. The van der Waals surface area contributed by atoms with Gasteiger partial charge in [0, 0.05) is 37.2 Å². The molecule has 0 N–H and O–H groups in total. The molecular weight excluding hydrogens is 384 g/mol. The summed E-state index contributed by atoms with van der Waals surface area (Å²) in [6.07, 6.45) is 9.39. The van der Waals surface area contributed by atoms with Gasteiger partial charge in [-0.05, 0) is 61.9 Å². The molecule has 0 aliphatic carbocycles. The molecule has 0 unspecified atom stereocenters. The number of hydrogen-bond acceptors (Lipinski definition) is 4. The molecule has 5 nitrogen and oxygen atoms in total. The third kappa shape index (κ3) is 4.80. The van der Waals surface area contributed by atoms with Gasteiger partial charge in [0.1, 0.15) is 0 Å². The minimum Gasteiger partial charge on any atom is -0.338 e. The molecule has 0 atom stereocenters. The predicted octanol–water partition coefficient (Wildman–Crippen LogP) is 4.91. The van der Waals surface area contributed by atoms with Crippen molar-refractivity contribution in [2.45, 2.75) is 32.1 Å². The molecule has 3 aromatic rings.